The largest absolute Gasteiger partial charge is 0.329 e. The van der Waals surface area contributed by atoms with Crippen molar-refractivity contribution in [3.05, 3.63) is 21.5 Å². The fourth-order valence-corrected chi connectivity index (χ4v) is 3.35. The first kappa shape index (κ1) is 12.9. The maximum absolute atomic E-state index is 11.3. The Kier molecular flexibility index (Phi) is 3.79. The standard InChI is InChI=1S/C10H12BrN3OS2/c1-6(5-17(2)15)14-9-8(13-10(14)16)3-7(11)4-12-9/h3-4,6H,5H2,1-2H3,(H,13,16). The summed E-state index contributed by atoms with van der Waals surface area (Å²) in [5.41, 5.74) is 1.69. The lowest BCUT2D eigenvalue weighted by Crippen LogP contribution is -2.13. The topological polar surface area (TPSA) is 50.7 Å². The quantitative estimate of drug-likeness (QED) is 0.878. The van der Waals surface area contributed by atoms with Crippen LogP contribution in [0.3, 0.4) is 0 Å². The molecule has 2 heterocycles. The molecule has 0 radical (unpaired) electrons. The summed E-state index contributed by atoms with van der Waals surface area (Å²) in [5.74, 6) is 0.568. The van der Waals surface area contributed by atoms with Crippen LogP contribution in [0.2, 0.25) is 0 Å². The number of imidazole rings is 1. The zero-order chi connectivity index (χ0) is 12.6. The van der Waals surface area contributed by atoms with Crippen molar-refractivity contribution in [2.24, 2.45) is 0 Å². The summed E-state index contributed by atoms with van der Waals surface area (Å²) in [6.45, 7) is 1.99. The number of aromatic amines is 1. The number of hydrogen-bond donors (Lipinski definition) is 1. The molecule has 2 aromatic rings. The van der Waals surface area contributed by atoms with Crippen LogP contribution in [-0.4, -0.2) is 30.8 Å². The maximum Gasteiger partial charge on any atom is 0.179 e. The molecule has 0 saturated carbocycles. The van der Waals surface area contributed by atoms with Gasteiger partial charge in [0.05, 0.1) is 5.52 Å². The lowest BCUT2D eigenvalue weighted by molar-refractivity contribution is 0.601. The van der Waals surface area contributed by atoms with Gasteiger partial charge in [-0.2, -0.15) is 0 Å². The fourth-order valence-electron chi connectivity index (χ4n) is 1.81. The third-order valence-corrected chi connectivity index (χ3v) is 4.12. The van der Waals surface area contributed by atoms with Gasteiger partial charge in [-0.1, -0.05) is 0 Å². The van der Waals surface area contributed by atoms with Gasteiger partial charge < -0.3 is 4.98 Å². The van der Waals surface area contributed by atoms with Gasteiger partial charge in [0.15, 0.2) is 10.4 Å². The second-order valence-corrected chi connectivity index (χ2v) is 6.70. The number of nitrogens with zero attached hydrogens (tertiary/aromatic N) is 2. The van der Waals surface area contributed by atoms with E-state index in [2.05, 4.69) is 25.9 Å². The van der Waals surface area contributed by atoms with Crippen molar-refractivity contribution in [2.75, 3.05) is 12.0 Å². The minimum atomic E-state index is -0.854. The fraction of sp³-hybridized carbons (Fsp3) is 0.400. The lowest BCUT2D eigenvalue weighted by atomic mass is 10.4. The molecule has 4 nitrogen and oxygen atoms in total. The molecule has 2 rings (SSSR count). The molecule has 17 heavy (non-hydrogen) atoms. The van der Waals surface area contributed by atoms with E-state index in [0.29, 0.717) is 10.5 Å². The van der Waals surface area contributed by atoms with Crippen LogP contribution in [0.1, 0.15) is 13.0 Å². The molecule has 2 aromatic heterocycles. The second kappa shape index (κ2) is 4.99. The zero-order valence-electron chi connectivity index (χ0n) is 9.44. The first-order chi connectivity index (χ1) is 7.99. The average Bonchev–Trinajstić information content (AvgIpc) is 2.51. The first-order valence-corrected chi connectivity index (χ1v) is 7.97. The molecule has 0 bridgehead atoms. The SMILES string of the molecule is CC(CS(C)=O)n1c(=S)[nH]c2cc(Br)cnc21. The van der Waals surface area contributed by atoms with Gasteiger partial charge in [0.25, 0.3) is 0 Å². The molecule has 0 aliphatic heterocycles. The van der Waals surface area contributed by atoms with Crippen molar-refractivity contribution < 1.29 is 4.21 Å². The number of H-pyrrole nitrogens is 1. The minimum absolute atomic E-state index is 0.0655. The maximum atomic E-state index is 11.3. The molecule has 0 saturated heterocycles. The molecule has 0 amide bonds. The number of fused-ring (bicyclic) bond motifs is 1. The molecule has 0 aromatic carbocycles. The predicted molar refractivity (Wildman–Crippen MR) is 76.3 cm³/mol. The summed E-state index contributed by atoms with van der Waals surface area (Å²) in [5, 5.41) is 0. The van der Waals surface area contributed by atoms with Gasteiger partial charge in [-0.25, -0.2) is 4.98 Å². The molecular formula is C10H12BrN3OS2. The van der Waals surface area contributed by atoms with Crippen molar-refractivity contribution >= 4 is 50.1 Å². The van der Waals surface area contributed by atoms with E-state index < -0.39 is 10.8 Å². The normalized spacial score (nSPS) is 15.0. The minimum Gasteiger partial charge on any atom is -0.329 e. The van der Waals surface area contributed by atoms with E-state index in [1.807, 2.05) is 17.6 Å². The monoisotopic (exact) mass is 333 g/mol. The number of nitrogens with one attached hydrogen (secondary N) is 1. The number of hydrogen-bond acceptors (Lipinski definition) is 3. The van der Waals surface area contributed by atoms with E-state index in [1.165, 1.54) is 0 Å². The van der Waals surface area contributed by atoms with Gasteiger partial charge in [-0.05, 0) is 41.1 Å². The third-order valence-electron chi connectivity index (χ3n) is 2.44. The molecule has 0 fully saturated rings. The molecule has 0 spiro atoms. The van der Waals surface area contributed by atoms with Crippen LogP contribution in [-0.2, 0) is 10.8 Å². The number of pyridine rings is 1. The summed E-state index contributed by atoms with van der Waals surface area (Å²) in [6, 6.07) is 2.00. The zero-order valence-corrected chi connectivity index (χ0v) is 12.7. The van der Waals surface area contributed by atoms with Gasteiger partial charge in [-0.3, -0.25) is 8.78 Å². The highest BCUT2D eigenvalue weighted by atomic mass is 79.9. The molecule has 1 N–H and O–H groups in total. The number of rotatable bonds is 3. The Balaban J connectivity index is 2.57. The van der Waals surface area contributed by atoms with E-state index in [1.54, 1.807) is 12.5 Å². The van der Waals surface area contributed by atoms with Crippen molar-refractivity contribution in [1.29, 1.82) is 0 Å². The van der Waals surface area contributed by atoms with E-state index in [0.717, 1.165) is 15.6 Å². The third kappa shape index (κ3) is 2.66. The first-order valence-electron chi connectivity index (χ1n) is 5.05. The van der Waals surface area contributed by atoms with E-state index in [9.17, 15) is 4.21 Å². The Labute approximate surface area is 115 Å². The van der Waals surface area contributed by atoms with Crippen molar-refractivity contribution in [3.8, 4) is 0 Å². The Morgan fingerprint density at radius 3 is 3.06 bits per heavy atom. The van der Waals surface area contributed by atoms with Gasteiger partial charge in [0.1, 0.15) is 0 Å². The van der Waals surface area contributed by atoms with Gasteiger partial charge in [-0.15, -0.1) is 0 Å². The molecular weight excluding hydrogens is 322 g/mol. The Hall–Kier alpha value is -0.530. The van der Waals surface area contributed by atoms with Gasteiger partial charge >= 0.3 is 0 Å². The summed E-state index contributed by atoms with van der Waals surface area (Å²) in [4.78, 5) is 7.46. The number of halogens is 1. The molecule has 2 atom stereocenters. The molecule has 2 unspecified atom stereocenters. The predicted octanol–water partition coefficient (Wildman–Crippen LogP) is 2.80. The van der Waals surface area contributed by atoms with Crippen molar-refractivity contribution in [3.63, 3.8) is 0 Å². The Morgan fingerprint density at radius 2 is 2.41 bits per heavy atom. The smallest absolute Gasteiger partial charge is 0.179 e. The summed E-state index contributed by atoms with van der Waals surface area (Å²) < 4.78 is 14.7. The van der Waals surface area contributed by atoms with Crippen molar-refractivity contribution in [2.45, 2.75) is 13.0 Å². The van der Waals surface area contributed by atoms with Crippen molar-refractivity contribution in [1.82, 2.24) is 14.5 Å². The average molecular weight is 334 g/mol. The number of aromatic nitrogens is 3. The summed E-state index contributed by atoms with van der Waals surface area (Å²) in [6.07, 6.45) is 3.43. The van der Waals surface area contributed by atoms with E-state index >= 15 is 0 Å². The lowest BCUT2D eigenvalue weighted by Gasteiger charge is -2.12. The van der Waals surface area contributed by atoms with Crippen LogP contribution >= 0.6 is 28.1 Å². The van der Waals surface area contributed by atoms with Crippen LogP contribution < -0.4 is 0 Å². The molecule has 7 heteroatoms. The second-order valence-electron chi connectivity index (χ2n) is 3.91. The molecule has 0 aliphatic rings. The van der Waals surface area contributed by atoms with Crippen LogP contribution in [0.5, 0.6) is 0 Å². The Bertz CT molecular complexity index is 634. The summed E-state index contributed by atoms with van der Waals surface area (Å²) >= 11 is 8.65. The van der Waals surface area contributed by atoms with Crippen LogP contribution in [0.15, 0.2) is 16.7 Å². The summed E-state index contributed by atoms with van der Waals surface area (Å²) in [7, 11) is -0.854. The van der Waals surface area contributed by atoms with Crippen LogP contribution in [0.4, 0.5) is 0 Å². The van der Waals surface area contributed by atoms with Crippen LogP contribution in [0, 0.1) is 4.77 Å². The van der Waals surface area contributed by atoms with Gasteiger partial charge in [0, 0.05) is 39.5 Å². The highest BCUT2D eigenvalue weighted by Gasteiger charge is 2.13. The van der Waals surface area contributed by atoms with E-state index in [-0.39, 0.29) is 6.04 Å². The highest BCUT2D eigenvalue weighted by molar-refractivity contribution is 9.10. The highest BCUT2D eigenvalue weighted by Crippen LogP contribution is 2.20. The molecule has 92 valence electrons. The van der Waals surface area contributed by atoms with Gasteiger partial charge in [0.2, 0.25) is 0 Å². The molecule has 0 aliphatic carbocycles. The van der Waals surface area contributed by atoms with Crippen LogP contribution in [0.25, 0.3) is 11.2 Å². The Morgan fingerprint density at radius 1 is 1.71 bits per heavy atom. The van der Waals surface area contributed by atoms with E-state index in [4.69, 9.17) is 12.2 Å².